The number of hydrogen-bond acceptors (Lipinski definition) is 10. The van der Waals surface area contributed by atoms with Gasteiger partial charge in [-0.25, -0.2) is 9.59 Å². The van der Waals surface area contributed by atoms with Gasteiger partial charge in [0.05, 0.1) is 17.8 Å². The smallest absolute Gasteiger partial charge is 0.408 e. The molecule has 3 saturated carbocycles. The van der Waals surface area contributed by atoms with Gasteiger partial charge in [-0.05, 0) is 120 Å². The number of benzene rings is 1. The van der Waals surface area contributed by atoms with Gasteiger partial charge in [-0.2, -0.15) is 0 Å². The van der Waals surface area contributed by atoms with Gasteiger partial charge in [-0.1, -0.05) is 84.4 Å². The molecule has 0 unspecified atom stereocenters. The first-order valence-electron chi connectivity index (χ1n) is 22.9. The fourth-order valence-corrected chi connectivity index (χ4v) is 8.27. The average molecular weight is 1000 g/mol. The molecule has 0 radical (unpaired) electrons. The SMILES string of the molecule is CC(C)(C)OC(=O)NC(C)(C)C(=O)N[C@H]1CCC[C@@H]1C(=O)NC(C)(C)C(=O)N[C@H]1CCC[C@@H]1C(=O)NC(C)(C)C(=O)N[C@H]1CCC[C@@H]1C(=O)NC(C)(C)C(=O)OCc1ccccc1.ClC(Cl)Cl. The van der Waals surface area contributed by atoms with Crippen molar-refractivity contribution in [2.45, 2.75) is 191 Å². The molecule has 20 heteroatoms. The second kappa shape index (κ2) is 23.8. The highest BCUT2D eigenvalue weighted by molar-refractivity contribution is 6.63. The number of amides is 7. The minimum absolute atomic E-state index is 0.0654. The fourth-order valence-electron chi connectivity index (χ4n) is 8.27. The van der Waals surface area contributed by atoms with Crippen LogP contribution in [-0.2, 0) is 49.6 Å². The lowest BCUT2D eigenvalue weighted by molar-refractivity contribution is -0.154. The summed E-state index contributed by atoms with van der Waals surface area (Å²) < 4.78 is 10.0. The summed E-state index contributed by atoms with van der Waals surface area (Å²) >= 11 is 14.4. The summed E-state index contributed by atoms with van der Waals surface area (Å²) in [7, 11) is 0. The van der Waals surface area contributed by atoms with E-state index >= 15 is 0 Å². The molecular weight excluding hydrogens is 929 g/mol. The topological polar surface area (TPSA) is 239 Å². The van der Waals surface area contributed by atoms with E-state index in [2.05, 4.69) is 37.2 Å². The molecule has 17 nitrogen and oxygen atoms in total. The van der Waals surface area contributed by atoms with Gasteiger partial charge >= 0.3 is 12.1 Å². The minimum Gasteiger partial charge on any atom is -0.459 e. The zero-order chi connectivity index (χ0) is 50.7. The summed E-state index contributed by atoms with van der Waals surface area (Å²) in [6, 6.07) is 7.61. The molecule has 0 bridgehead atoms. The van der Waals surface area contributed by atoms with E-state index in [9.17, 15) is 38.4 Å². The third kappa shape index (κ3) is 17.6. The molecule has 67 heavy (non-hydrogen) atoms. The first kappa shape index (κ1) is 57.0. The summed E-state index contributed by atoms with van der Waals surface area (Å²) in [6.45, 7) is 17.7. The zero-order valence-electron chi connectivity index (χ0n) is 40.7. The van der Waals surface area contributed by atoms with E-state index in [0.29, 0.717) is 57.8 Å². The van der Waals surface area contributed by atoms with Crippen LogP contribution in [0.15, 0.2) is 30.3 Å². The highest BCUT2D eigenvalue weighted by Crippen LogP contribution is 2.31. The van der Waals surface area contributed by atoms with Crippen molar-refractivity contribution >= 4 is 82.3 Å². The van der Waals surface area contributed by atoms with Crippen LogP contribution in [0.4, 0.5) is 4.79 Å². The third-order valence-corrected chi connectivity index (χ3v) is 12.1. The normalized spacial score (nSPS) is 22.0. The fraction of sp³-hybridized carbons (Fsp3) is 0.702. The van der Waals surface area contributed by atoms with Gasteiger partial charge in [0.15, 0.2) is 4.30 Å². The summed E-state index contributed by atoms with van der Waals surface area (Å²) in [5.41, 5.74) is -5.33. The van der Waals surface area contributed by atoms with Crippen LogP contribution >= 0.6 is 34.8 Å². The van der Waals surface area contributed by atoms with E-state index in [0.717, 1.165) is 5.56 Å². The van der Waals surface area contributed by atoms with Crippen LogP contribution in [0.1, 0.15) is 140 Å². The van der Waals surface area contributed by atoms with E-state index in [1.54, 1.807) is 76.2 Å². The maximum Gasteiger partial charge on any atom is 0.408 e. The van der Waals surface area contributed by atoms with Crippen LogP contribution in [0.3, 0.4) is 0 Å². The molecule has 3 aliphatic carbocycles. The predicted octanol–water partition coefficient (Wildman–Crippen LogP) is 5.56. The van der Waals surface area contributed by atoms with Gasteiger partial charge in [-0.15, -0.1) is 0 Å². The van der Waals surface area contributed by atoms with Gasteiger partial charge in [0.2, 0.25) is 35.4 Å². The number of alkyl halides is 3. The van der Waals surface area contributed by atoms with Gasteiger partial charge in [0, 0.05) is 18.1 Å². The van der Waals surface area contributed by atoms with E-state index < -0.39 is 110 Å². The maximum absolute atomic E-state index is 13.8. The lowest BCUT2D eigenvalue weighted by Gasteiger charge is -2.33. The van der Waals surface area contributed by atoms with Crippen molar-refractivity contribution in [1.82, 2.24) is 37.2 Å². The number of ether oxygens (including phenoxy) is 2. The van der Waals surface area contributed by atoms with Crippen molar-refractivity contribution in [3.8, 4) is 0 Å². The number of nitrogens with one attached hydrogen (secondary N) is 7. The molecule has 3 aliphatic rings. The van der Waals surface area contributed by atoms with Crippen molar-refractivity contribution < 1.29 is 47.8 Å². The van der Waals surface area contributed by atoms with Gasteiger partial charge in [0.1, 0.15) is 34.4 Å². The summed E-state index contributed by atoms with van der Waals surface area (Å²) in [5.74, 6) is -5.10. The standard InChI is InChI=1S/C46H71N7O10.CHCl3/c1-42(2,3)63-41(61)53-45(8,9)39(59)49-32-24-16-21-29(32)35(55)51-43(4,5)37(57)47-31-23-15-20-28(31)34(54)50-44(6,7)38(58)48-33-25-17-22-30(33)36(56)52-46(10,11)40(60)62-26-27-18-13-12-14-19-27;2-1(3)4/h12-14,18-19,28-33H,15-17,20-26H2,1-11H3,(H,47,57)(H,48,58)(H,49,59)(H,50,54)(H,51,55)(H,52,56)(H,53,61);1H/t28-,29-,30-,31-,32-,33-;/m0./s1. The highest BCUT2D eigenvalue weighted by Gasteiger charge is 2.45. The molecule has 0 heterocycles. The van der Waals surface area contributed by atoms with Crippen molar-refractivity contribution in [2.75, 3.05) is 0 Å². The Labute approximate surface area is 410 Å². The Morgan fingerprint density at radius 2 is 0.851 bits per heavy atom. The summed E-state index contributed by atoms with van der Waals surface area (Å²) in [5, 5.41) is 19.9. The number of carbonyl (C=O) groups excluding carboxylic acids is 8. The molecule has 3 fully saturated rings. The number of halogens is 3. The van der Waals surface area contributed by atoms with E-state index in [1.165, 1.54) is 0 Å². The first-order chi connectivity index (χ1) is 30.8. The van der Waals surface area contributed by atoms with Crippen molar-refractivity contribution in [3.63, 3.8) is 0 Å². The average Bonchev–Trinajstić information content (AvgIpc) is 3.97. The van der Waals surface area contributed by atoms with Crippen molar-refractivity contribution in [3.05, 3.63) is 35.9 Å². The van der Waals surface area contributed by atoms with Gasteiger partial charge in [0.25, 0.3) is 0 Å². The number of carbonyl (C=O) groups is 8. The molecule has 7 amide bonds. The third-order valence-electron chi connectivity index (χ3n) is 12.1. The lowest BCUT2D eigenvalue weighted by Crippen LogP contribution is -2.62. The highest BCUT2D eigenvalue weighted by atomic mass is 35.6. The first-order valence-corrected chi connectivity index (χ1v) is 24.2. The molecule has 1 aromatic rings. The molecule has 4 rings (SSSR count). The van der Waals surface area contributed by atoms with Crippen LogP contribution in [-0.4, -0.2) is 97.7 Å². The minimum atomic E-state index is -1.38. The monoisotopic (exact) mass is 999 g/mol. The Kier molecular flexibility index (Phi) is 20.2. The van der Waals surface area contributed by atoms with Crippen molar-refractivity contribution in [1.29, 1.82) is 0 Å². The Morgan fingerprint density at radius 1 is 0.522 bits per heavy atom. The second-order valence-corrected chi connectivity index (χ2v) is 22.7. The van der Waals surface area contributed by atoms with E-state index in [4.69, 9.17) is 44.3 Å². The summed E-state index contributed by atoms with van der Waals surface area (Å²) in [4.78, 5) is 107. The summed E-state index contributed by atoms with van der Waals surface area (Å²) in [6.07, 6.45) is 4.31. The van der Waals surface area contributed by atoms with Crippen LogP contribution in [0.5, 0.6) is 0 Å². The maximum atomic E-state index is 13.8. The van der Waals surface area contributed by atoms with E-state index in [1.807, 2.05) is 30.3 Å². The molecule has 0 saturated heterocycles. The Morgan fingerprint density at radius 3 is 1.19 bits per heavy atom. The molecule has 0 spiro atoms. The Hall–Kier alpha value is -4.35. The molecule has 1 aromatic carbocycles. The Balaban J connectivity index is 0.00000285. The lowest BCUT2D eigenvalue weighted by atomic mass is 9.95. The number of hydrogen-bond donors (Lipinski definition) is 7. The number of esters is 1. The largest absolute Gasteiger partial charge is 0.459 e. The predicted molar refractivity (Wildman–Crippen MR) is 256 cm³/mol. The number of alkyl carbamates (subject to hydrolysis) is 1. The van der Waals surface area contributed by atoms with Gasteiger partial charge < -0.3 is 46.7 Å². The van der Waals surface area contributed by atoms with Crippen LogP contribution in [0.25, 0.3) is 0 Å². The molecule has 376 valence electrons. The van der Waals surface area contributed by atoms with Crippen molar-refractivity contribution in [2.24, 2.45) is 17.8 Å². The zero-order valence-corrected chi connectivity index (χ0v) is 43.0. The number of rotatable bonds is 16. The Bertz CT molecular complexity index is 1940. The van der Waals surface area contributed by atoms with Crippen LogP contribution in [0.2, 0.25) is 0 Å². The molecule has 0 aliphatic heterocycles. The molecular formula is C47H72Cl3N7O10. The van der Waals surface area contributed by atoms with Crippen LogP contribution < -0.4 is 37.2 Å². The quantitative estimate of drug-likeness (QED) is 0.0804. The van der Waals surface area contributed by atoms with Crippen LogP contribution in [0, 0.1) is 17.8 Å². The van der Waals surface area contributed by atoms with E-state index in [-0.39, 0.29) is 12.5 Å². The molecule has 0 aromatic heterocycles. The molecule has 6 atom stereocenters. The second-order valence-electron chi connectivity index (χ2n) is 20.8. The molecule has 7 N–H and O–H groups in total. The van der Waals surface area contributed by atoms with Gasteiger partial charge in [-0.3, -0.25) is 28.8 Å².